The number of nitrogens with one attached hydrogen (secondary N) is 2. The summed E-state index contributed by atoms with van der Waals surface area (Å²) in [6.45, 7) is 5.56. The van der Waals surface area contributed by atoms with Crippen LogP contribution in [0.3, 0.4) is 0 Å². The van der Waals surface area contributed by atoms with E-state index in [9.17, 15) is 19.7 Å². The number of hydrogen-bond donors (Lipinski definition) is 2. The van der Waals surface area contributed by atoms with Crippen LogP contribution in [0, 0.1) is 10.1 Å². The van der Waals surface area contributed by atoms with Gasteiger partial charge in [-0.1, -0.05) is 36.4 Å². The van der Waals surface area contributed by atoms with Gasteiger partial charge in [-0.3, -0.25) is 14.9 Å². The highest BCUT2D eigenvalue weighted by Gasteiger charge is 2.22. The van der Waals surface area contributed by atoms with E-state index in [2.05, 4.69) is 17.2 Å². The minimum absolute atomic E-state index is 0.0199. The van der Waals surface area contributed by atoms with E-state index in [-0.39, 0.29) is 17.8 Å². The summed E-state index contributed by atoms with van der Waals surface area (Å²) in [5.41, 5.74) is 1.07. The van der Waals surface area contributed by atoms with Crippen LogP contribution in [0.15, 0.2) is 61.2 Å². The molecule has 2 aromatic rings. The molecule has 0 unspecified atom stereocenters. The van der Waals surface area contributed by atoms with Crippen LogP contribution in [0.1, 0.15) is 22.8 Å². The number of rotatable bonds is 9. The molecule has 0 aliphatic heterocycles. The number of nitrogens with zero attached hydrogens (tertiary/aromatic N) is 1. The number of non-ortho nitro benzene ring substituents is 1. The van der Waals surface area contributed by atoms with Gasteiger partial charge >= 0.3 is 5.97 Å². The molecule has 0 saturated carbocycles. The summed E-state index contributed by atoms with van der Waals surface area (Å²) < 4.78 is 5.17. The maximum Gasteiger partial charge on any atom is 0.341 e. The molecule has 8 nitrogen and oxygen atoms in total. The minimum Gasteiger partial charge on any atom is -0.449 e. The largest absolute Gasteiger partial charge is 0.449 e. The standard InChI is InChI=1S/C20H21N3O5/c1-3-11-21-19(24)14(2)28-20(25)17-12-16(23(26)27)9-10-18(17)22-13-15-7-5-4-6-8-15/h3-10,12,14,22H,1,11,13H2,2H3,(H,21,24)/t14-/m1/s1. The Morgan fingerprint density at radius 2 is 1.96 bits per heavy atom. The molecule has 0 fully saturated rings. The van der Waals surface area contributed by atoms with E-state index >= 15 is 0 Å². The molecule has 146 valence electrons. The number of hydrogen-bond acceptors (Lipinski definition) is 6. The van der Waals surface area contributed by atoms with E-state index in [1.54, 1.807) is 0 Å². The van der Waals surface area contributed by atoms with Gasteiger partial charge < -0.3 is 15.4 Å². The van der Waals surface area contributed by atoms with Gasteiger partial charge in [0.25, 0.3) is 11.6 Å². The van der Waals surface area contributed by atoms with E-state index in [4.69, 9.17) is 4.74 Å². The van der Waals surface area contributed by atoms with Crippen molar-refractivity contribution in [1.82, 2.24) is 5.32 Å². The second-order valence-corrected chi connectivity index (χ2v) is 5.91. The van der Waals surface area contributed by atoms with E-state index in [0.29, 0.717) is 12.2 Å². The average Bonchev–Trinajstić information content (AvgIpc) is 2.70. The third-order valence-electron chi connectivity index (χ3n) is 3.83. The molecule has 0 aromatic heterocycles. The lowest BCUT2D eigenvalue weighted by Crippen LogP contribution is -2.36. The van der Waals surface area contributed by atoms with Crippen molar-refractivity contribution < 1.29 is 19.2 Å². The first-order chi connectivity index (χ1) is 13.4. The number of benzene rings is 2. The molecule has 0 radical (unpaired) electrons. The second kappa shape index (κ2) is 9.86. The Bertz CT molecular complexity index is 867. The Morgan fingerprint density at radius 3 is 2.61 bits per heavy atom. The lowest BCUT2D eigenvalue weighted by Gasteiger charge is -2.15. The Hall–Kier alpha value is -3.68. The Labute approximate surface area is 162 Å². The summed E-state index contributed by atoms with van der Waals surface area (Å²) in [5.74, 6) is -1.32. The summed E-state index contributed by atoms with van der Waals surface area (Å²) in [6.07, 6.45) is 0.437. The molecule has 1 atom stereocenters. The van der Waals surface area contributed by atoms with Gasteiger partial charge in [-0.2, -0.15) is 0 Å². The SMILES string of the molecule is C=CCNC(=O)[C@@H](C)OC(=O)c1cc([N+](=O)[O-])ccc1NCc1ccccc1. The molecule has 2 N–H and O–H groups in total. The van der Waals surface area contributed by atoms with E-state index in [1.807, 2.05) is 30.3 Å². The minimum atomic E-state index is -1.06. The number of nitro benzene ring substituents is 1. The van der Waals surface area contributed by atoms with Gasteiger partial charge in [0.15, 0.2) is 6.10 Å². The lowest BCUT2D eigenvalue weighted by molar-refractivity contribution is -0.384. The lowest BCUT2D eigenvalue weighted by atomic mass is 10.1. The topological polar surface area (TPSA) is 111 Å². The highest BCUT2D eigenvalue weighted by atomic mass is 16.6. The van der Waals surface area contributed by atoms with Gasteiger partial charge in [0.1, 0.15) is 0 Å². The van der Waals surface area contributed by atoms with E-state index in [1.165, 1.54) is 25.1 Å². The maximum absolute atomic E-state index is 12.6. The zero-order chi connectivity index (χ0) is 20.5. The van der Waals surface area contributed by atoms with Crippen LogP contribution in [0.5, 0.6) is 0 Å². The second-order valence-electron chi connectivity index (χ2n) is 5.91. The van der Waals surface area contributed by atoms with Crippen LogP contribution in [0.25, 0.3) is 0 Å². The van der Waals surface area contributed by atoms with Gasteiger partial charge in [-0.15, -0.1) is 6.58 Å². The molecule has 0 aliphatic carbocycles. The number of nitro groups is 1. The number of anilines is 1. The van der Waals surface area contributed by atoms with E-state index in [0.717, 1.165) is 11.6 Å². The number of carbonyl (C=O) groups excluding carboxylic acids is 2. The molecule has 28 heavy (non-hydrogen) atoms. The molecule has 0 spiro atoms. The van der Waals surface area contributed by atoms with Crippen molar-refractivity contribution in [1.29, 1.82) is 0 Å². The Kier molecular flexibility index (Phi) is 7.27. The van der Waals surface area contributed by atoms with Crippen LogP contribution in [-0.2, 0) is 16.1 Å². The maximum atomic E-state index is 12.6. The first kappa shape index (κ1) is 20.6. The average molecular weight is 383 g/mol. The van der Waals surface area contributed by atoms with Gasteiger partial charge in [0.2, 0.25) is 0 Å². The highest BCUT2D eigenvalue weighted by molar-refractivity contribution is 5.98. The molecule has 0 saturated heterocycles. The smallest absolute Gasteiger partial charge is 0.341 e. The molecule has 0 heterocycles. The molecular weight excluding hydrogens is 362 g/mol. The van der Waals surface area contributed by atoms with Gasteiger partial charge in [0, 0.05) is 30.9 Å². The van der Waals surface area contributed by atoms with Gasteiger partial charge in [-0.05, 0) is 18.6 Å². The van der Waals surface area contributed by atoms with Crippen LogP contribution < -0.4 is 10.6 Å². The summed E-state index contributed by atoms with van der Waals surface area (Å²) in [7, 11) is 0. The summed E-state index contributed by atoms with van der Waals surface area (Å²) >= 11 is 0. The molecule has 8 heteroatoms. The van der Waals surface area contributed by atoms with Gasteiger partial charge in [0.05, 0.1) is 10.5 Å². The van der Waals surface area contributed by atoms with Gasteiger partial charge in [-0.25, -0.2) is 4.79 Å². The fourth-order valence-corrected chi connectivity index (χ4v) is 2.36. The normalized spacial score (nSPS) is 11.2. The molecule has 1 amide bonds. The number of carbonyl (C=O) groups is 2. The van der Waals surface area contributed by atoms with E-state index < -0.39 is 22.9 Å². The summed E-state index contributed by atoms with van der Waals surface area (Å²) in [4.78, 5) is 34.9. The van der Waals surface area contributed by atoms with Crippen LogP contribution in [-0.4, -0.2) is 29.4 Å². The first-order valence-electron chi connectivity index (χ1n) is 8.58. The molecule has 2 rings (SSSR count). The van der Waals surface area contributed by atoms with Crippen molar-refractivity contribution in [3.05, 3.63) is 82.4 Å². The highest BCUT2D eigenvalue weighted by Crippen LogP contribution is 2.24. The zero-order valence-corrected chi connectivity index (χ0v) is 15.4. The van der Waals surface area contributed by atoms with Crippen molar-refractivity contribution in [2.24, 2.45) is 0 Å². The quantitative estimate of drug-likeness (QED) is 0.298. The van der Waals surface area contributed by atoms with Crippen molar-refractivity contribution in [3.8, 4) is 0 Å². The van der Waals surface area contributed by atoms with Crippen LogP contribution in [0.4, 0.5) is 11.4 Å². The number of ether oxygens (including phenoxy) is 1. The Balaban J connectivity index is 2.19. The molecule has 0 bridgehead atoms. The molecular formula is C20H21N3O5. The fraction of sp³-hybridized carbons (Fsp3) is 0.200. The van der Waals surface area contributed by atoms with Crippen molar-refractivity contribution in [3.63, 3.8) is 0 Å². The van der Waals surface area contributed by atoms with Crippen LogP contribution in [0.2, 0.25) is 0 Å². The third kappa shape index (κ3) is 5.66. The summed E-state index contributed by atoms with van der Waals surface area (Å²) in [5, 5.41) is 16.7. The number of amides is 1. The zero-order valence-electron chi connectivity index (χ0n) is 15.4. The van der Waals surface area contributed by atoms with Crippen molar-refractivity contribution >= 4 is 23.3 Å². The monoisotopic (exact) mass is 383 g/mol. The predicted molar refractivity (Wildman–Crippen MR) is 105 cm³/mol. The third-order valence-corrected chi connectivity index (χ3v) is 3.83. The van der Waals surface area contributed by atoms with Crippen LogP contribution >= 0.6 is 0 Å². The first-order valence-corrected chi connectivity index (χ1v) is 8.58. The van der Waals surface area contributed by atoms with Crippen molar-refractivity contribution in [2.75, 3.05) is 11.9 Å². The molecule has 2 aromatic carbocycles. The number of esters is 1. The Morgan fingerprint density at radius 1 is 1.25 bits per heavy atom. The predicted octanol–water partition coefficient (Wildman–Crippen LogP) is 3.05. The fourth-order valence-electron chi connectivity index (χ4n) is 2.36. The van der Waals surface area contributed by atoms with Crippen molar-refractivity contribution in [2.45, 2.75) is 19.6 Å². The summed E-state index contributed by atoms with van der Waals surface area (Å²) in [6, 6.07) is 13.3. The molecule has 0 aliphatic rings.